The number of hydrogen-bond acceptors (Lipinski definition) is 6. The first-order chi connectivity index (χ1) is 13.8. The molecule has 29 heavy (non-hydrogen) atoms. The van der Waals surface area contributed by atoms with Crippen LogP contribution >= 0.6 is 0 Å². The number of likely N-dealkylation sites (tertiary alicyclic amines) is 1. The average Bonchev–Trinajstić information content (AvgIpc) is 3.39. The fraction of sp³-hybridized carbons (Fsp3) is 0.619. The third kappa shape index (κ3) is 2.45. The number of ketones is 1. The van der Waals surface area contributed by atoms with Crippen molar-refractivity contribution in [2.45, 2.75) is 61.7 Å². The minimum atomic E-state index is -1.33. The van der Waals surface area contributed by atoms with Gasteiger partial charge in [-0.05, 0) is 56.2 Å². The Morgan fingerprint density at radius 1 is 1.31 bits per heavy atom. The van der Waals surface area contributed by atoms with Gasteiger partial charge in [0.25, 0.3) is 0 Å². The molecule has 0 unspecified atom stereocenters. The molecule has 2 saturated carbocycles. The van der Waals surface area contributed by atoms with E-state index in [0.29, 0.717) is 18.6 Å². The Bertz CT molecular complexity index is 895. The summed E-state index contributed by atoms with van der Waals surface area (Å²) in [6.07, 6.45) is 2.99. The number of benzene rings is 1. The second-order valence-corrected chi connectivity index (χ2v) is 9.05. The number of piperidine rings is 1. The standard InChI is InChI=1S/C20H23NO4.CH3NO2/c22-13-4-3-12-9-15-20(24)6-5-14(23)18-19(20,16(12)17(13)25-18)7-8-21(15)10-11-1-2-11;2-1(3)4/h3-4,11,15,18,22,24H,1-2,5-10H2;2H2,(H,3,4)/t15-,18+,19+,20-;/m1./s1. The highest BCUT2D eigenvalue weighted by Gasteiger charge is 2.73. The van der Waals surface area contributed by atoms with Crippen LogP contribution in [-0.4, -0.2) is 62.9 Å². The molecule has 3 aliphatic carbocycles. The number of carbonyl (C=O) groups excluding carboxylic acids is 1. The van der Waals surface area contributed by atoms with E-state index >= 15 is 0 Å². The lowest BCUT2D eigenvalue weighted by atomic mass is 9.49. The minimum absolute atomic E-state index is 0.0454. The van der Waals surface area contributed by atoms with Gasteiger partial charge in [-0.25, -0.2) is 4.79 Å². The molecule has 1 saturated heterocycles. The number of primary amides is 1. The van der Waals surface area contributed by atoms with Crippen LogP contribution < -0.4 is 10.5 Å². The number of carbonyl (C=O) groups is 2. The Balaban J connectivity index is 0.000000419. The van der Waals surface area contributed by atoms with Crippen molar-refractivity contribution < 1.29 is 29.6 Å². The van der Waals surface area contributed by atoms with E-state index in [4.69, 9.17) is 14.6 Å². The highest BCUT2D eigenvalue weighted by Crippen LogP contribution is 2.64. The smallest absolute Gasteiger partial charge is 0.402 e. The summed E-state index contributed by atoms with van der Waals surface area (Å²) >= 11 is 0. The Hall–Kier alpha value is -2.32. The summed E-state index contributed by atoms with van der Waals surface area (Å²) in [5.74, 6) is 1.39. The van der Waals surface area contributed by atoms with E-state index in [1.54, 1.807) is 6.07 Å². The second kappa shape index (κ2) is 6.09. The zero-order valence-electron chi connectivity index (χ0n) is 16.1. The van der Waals surface area contributed by atoms with Crippen LogP contribution in [0.5, 0.6) is 11.5 Å². The van der Waals surface area contributed by atoms with E-state index in [-0.39, 0.29) is 17.6 Å². The third-order valence-electron chi connectivity index (χ3n) is 7.56. The van der Waals surface area contributed by atoms with E-state index in [0.717, 1.165) is 43.0 Å². The van der Waals surface area contributed by atoms with E-state index in [9.17, 15) is 15.0 Å². The van der Waals surface area contributed by atoms with Crippen LogP contribution in [0.4, 0.5) is 4.79 Å². The number of hydrogen-bond donors (Lipinski definition) is 4. The molecule has 2 aliphatic heterocycles. The van der Waals surface area contributed by atoms with Crippen molar-refractivity contribution >= 4 is 11.9 Å². The SMILES string of the molecule is NC(=O)O.O=C1CC[C@@]2(O)[C@H]3Cc4ccc(O)c5c4[C@@]2(CCN3CC2CC2)[C@H]1O5. The molecule has 5 aliphatic rings. The molecule has 1 aromatic carbocycles. The molecule has 1 aromatic rings. The van der Waals surface area contributed by atoms with Crippen molar-refractivity contribution in [3.63, 3.8) is 0 Å². The second-order valence-electron chi connectivity index (χ2n) is 9.05. The maximum Gasteiger partial charge on any atom is 0.402 e. The van der Waals surface area contributed by atoms with Gasteiger partial charge in [-0.2, -0.15) is 0 Å². The van der Waals surface area contributed by atoms with Gasteiger partial charge in [0.2, 0.25) is 0 Å². The van der Waals surface area contributed by atoms with Gasteiger partial charge in [-0.3, -0.25) is 9.69 Å². The van der Waals surface area contributed by atoms with Crippen LogP contribution in [0.25, 0.3) is 0 Å². The highest BCUT2D eigenvalue weighted by molar-refractivity contribution is 5.90. The number of phenolic OH excluding ortho intramolecular Hbond substituents is 1. The number of amides is 1. The molecule has 1 amide bonds. The first-order valence-electron chi connectivity index (χ1n) is 10.3. The van der Waals surface area contributed by atoms with Gasteiger partial charge in [0.15, 0.2) is 23.4 Å². The number of aliphatic hydroxyl groups is 1. The molecule has 1 spiro atoms. The van der Waals surface area contributed by atoms with Gasteiger partial charge >= 0.3 is 6.09 Å². The summed E-state index contributed by atoms with van der Waals surface area (Å²) in [5.41, 5.74) is 4.48. The molecule has 0 radical (unpaired) electrons. The number of carboxylic acid groups (broad SMARTS) is 1. The van der Waals surface area contributed by atoms with Crippen LogP contribution in [0.15, 0.2) is 12.1 Å². The van der Waals surface area contributed by atoms with Gasteiger partial charge in [0.05, 0.1) is 11.0 Å². The quantitative estimate of drug-likeness (QED) is 0.583. The van der Waals surface area contributed by atoms with Crippen molar-refractivity contribution in [3.05, 3.63) is 23.3 Å². The fourth-order valence-corrected chi connectivity index (χ4v) is 6.26. The average molecular weight is 402 g/mol. The predicted molar refractivity (Wildman–Crippen MR) is 102 cm³/mol. The zero-order valence-corrected chi connectivity index (χ0v) is 16.1. The fourth-order valence-electron chi connectivity index (χ4n) is 6.26. The Labute approximate surface area is 168 Å². The van der Waals surface area contributed by atoms with Gasteiger partial charge in [-0.15, -0.1) is 0 Å². The summed E-state index contributed by atoms with van der Waals surface area (Å²) < 4.78 is 6.04. The van der Waals surface area contributed by atoms with Crippen LogP contribution in [0.1, 0.15) is 43.2 Å². The molecular formula is C21H26N2O6. The molecule has 4 atom stereocenters. The molecule has 156 valence electrons. The largest absolute Gasteiger partial charge is 0.504 e. The molecule has 0 aromatic heterocycles. The summed E-state index contributed by atoms with van der Waals surface area (Å²) in [6, 6.07) is 3.69. The Morgan fingerprint density at radius 2 is 2.03 bits per heavy atom. The number of Topliss-reactive ketones (excluding diaryl/α,β-unsaturated/α-hetero) is 1. The first-order valence-corrected chi connectivity index (χ1v) is 10.3. The van der Waals surface area contributed by atoms with E-state index < -0.39 is 23.2 Å². The van der Waals surface area contributed by atoms with Crippen LogP contribution in [0, 0.1) is 5.92 Å². The molecule has 2 heterocycles. The molecule has 6 rings (SSSR count). The molecule has 8 nitrogen and oxygen atoms in total. The zero-order chi connectivity index (χ0) is 20.6. The Morgan fingerprint density at radius 3 is 2.72 bits per heavy atom. The predicted octanol–water partition coefficient (Wildman–Crippen LogP) is 1.15. The third-order valence-corrected chi connectivity index (χ3v) is 7.56. The molecule has 2 bridgehead atoms. The number of ether oxygens (including phenoxy) is 1. The molecule has 3 fully saturated rings. The number of aromatic hydroxyl groups is 1. The lowest BCUT2D eigenvalue weighted by molar-refractivity contribution is -0.188. The monoisotopic (exact) mass is 402 g/mol. The highest BCUT2D eigenvalue weighted by atomic mass is 16.5. The number of nitrogens with two attached hydrogens (primary N) is 1. The van der Waals surface area contributed by atoms with E-state index in [2.05, 4.69) is 10.6 Å². The lowest BCUT2D eigenvalue weighted by Gasteiger charge is -2.62. The topological polar surface area (TPSA) is 133 Å². The number of rotatable bonds is 2. The van der Waals surface area contributed by atoms with Crippen LogP contribution in [-0.2, 0) is 16.6 Å². The minimum Gasteiger partial charge on any atom is -0.504 e. The summed E-state index contributed by atoms with van der Waals surface area (Å²) in [6.45, 7) is 1.95. The van der Waals surface area contributed by atoms with Crippen molar-refractivity contribution in [2.75, 3.05) is 13.1 Å². The van der Waals surface area contributed by atoms with Crippen LogP contribution in [0.3, 0.4) is 0 Å². The van der Waals surface area contributed by atoms with E-state index in [1.165, 1.54) is 12.8 Å². The van der Waals surface area contributed by atoms with E-state index in [1.807, 2.05) is 6.07 Å². The van der Waals surface area contributed by atoms with Gasteiger partial charge < -0.3 is 25.8 Å². The normalized spacial score (nSPS) is 36.5. The maximum atomic E-state index is 12.7. The van der Waals surface area contributed by atoms with Gasteiger partial charge in [-0.1, -0.05) is 6.07 Å². The first kappa shape index (κ1) is 18.7. The summed E-state index contributed by atoms with van der Waals surface area (Å²) in [4.78, 5) is 24.0. The number of phenols is 1. The van der Waals surface area contributed by atoms with Crippen molar-refractivity contribution in [1.29, 1.82) is 0 Å². The van der Waals surface area contributed by atoms with Crippen molar-refractivity contribution in [2.24, 2.45) is 11.7 Å². The molecule has 5 N–H and O–H groups in total. The van der Waals surface area contributed by atoms with Crippen molar-refractivity contribution in [3.8, 4) is 11.5 Å². The Kier molecular flexibility index (Phi) is 3.93. The van der Waals surface area contributed by atoms with Crippen molar-refractivity contribution in [1.82, 2.24) is 4.90 Å². The van der Waals surface area contributed by atoms with Crippen LogP contribution in [0.2, 0.25) is 0 Å². The molecule has 8 heteroatoms. The maximum absolute atomic E-state index is 12.7. The summed E-state index contributed by atoms with van der Waals surface area (Å²) in [5, 5.41) is 29.5. The number of nitrogens with zero attached hydrogens (tertiary/aromatic N) is 1. The lowest BCUT2D eigenvalue weighted by Crippen LogP contribution is -2.76. The summed E-state index contributed by atoms with van der Waals surface area (Å²) in [7, 11) is 0. The van der Waals surface area contributed by atoms with Gasteiger partial charge in [0.1, 0.15) is 0 Å². The molecular weight excluding hydrogens is 376 g/mol. The van der Waals surface area contributed by atoms with Gasteiger partial charge in [0, 0.05) is 24.6 Å².